The van der Waals surface area contributed by atoms with Crippen molar-refractivity contribution in [2.45, 2.75) is 25.2 Å². The topological polar surface area (TPSA) is 75.6 Å². The molecule has 1 amide bonds. The van der Waals surface area contributed by atoms with Crippen LogP contribution < -0.4 is 5.32 Å². The van der Waals surface area contributed by atoms with Gasteiger partial charge in [0.15, 0.2) is 0 Å². The minimum Gasteiger partial charge on any atom is -0.462 e. The van der Waals surface area contributed by atoms with Gasteiger partial charge >= 0.3 is 5.97 Å². The Morgan fingerprint density at radius 1 is 1.12 bits per heavy atom. The minimum atomic E-state index is -0.611. The molecule has 5 nitrogen and oxygen atoms in total. The maximum atomic E-state index is 12.3. The van der Waals surface area contributed by atoms with Crippen molar-refractivity contribution in [3.8, 4) is 0 Å². The molecule has 2 rings (SSSR count). The number of aliphatic hydroxyl groups excluding tert-OH is 1. The largest absolute Gasteiger partial charge is 0.462 e. The van der Waals surface area contributed by atoms with E-state index in [1.54, 1.807) is 38.1 Å². The van der Waals surface area contributed by atoms with Crippen molar-refractivity contribution in [1.82, 2.24) is 0 Å². The molecular weight excluding hydrogens is 350 g/mol. The number of carbonyl (C=O) groups excluding carboxylic acids is 2. The molecule has 2 aromatic rings. The lowest BCUT2D eigenvalue weighted by Gasteiger charge is -2.15. The first kappa shape index (κ1) is 20.0. The fraction of sp³-hybridized carbons (Fsp3) is 0.300. The highest BCUT2D eigenvalue weighted by molar-refractivity contribution is 8.00. The summed E-state index contributed by atoms with van der Waals surface area (Å²) >= 11 is 1.39. The fourth-order valence-corrected chi connectivity index (χ4v) is 3.10. The fourth-order valence-electron chi connectivity index (χ4n) is 2.23. The molecule has 0 aromatic heterocycles. The van der Waals surface area contributed by atoms with Crippen LogP contribution in [0.15, 0.2) is 54.6 Å². The van der Waals surface area contributed by atoms with Crippen molar-refractivity contribution in [2.24, 2.45) is 0 Å². The number of benzene rings is 2. The van der Waals surface area contributed by atoms with Crippen molar-refractivity contribution in [1.29, 1.82) is 0 Å². The van der Waals surface area contributed by atoms with Gasteiger partial charge in [-0.2, -0.15) is 0 Å². The third-order valence-electron chi connectivity index (χ3n) is 3.72. The summed E-state index contributed by atoms with van der Waals surface area (Å²) in [6, 6.07) is 15.9. The van der Waals surface area contributed by atoms with E-state index in [1.165, 1.54) is 11.8 Å². The van der Waals surface area contributed by atoms with Gasteiger partial charge in [0.05, 0.1) is 23.5 Å². The quantitative estimate of drug-likeness (QED) is 0.691. The second-order valence-electron chi connectivity index (χ2n) is 5.69. The average molecular weight is 373 g/mol. The summed E-state index contributed by atoms with van der Waals surface area (Å²) in [5, 5.41) is 12.7. The highest BCUT2D eigenvalue weighted by atomic mass is 32.2. The zero-order chi connectivity index (χ0) is 18.9. The molecule has 0 aliphatic heterocycles. The Morgan fingerprint density at radius 3 is 2.38 bits per heavy atom. The molecule has 0 radical (unpaired) electrons. The summed E-state index contributed by atoms with van der Waals surface area (Å²) in [5.74, 6) is -0.108. The molecule has 0 spiro atoms. The first-order valence-electron chi connectivity index (χ1n) is 8.44. The number of hydrogen-bond donors (Lipinski definition) is 2. The van der Waals surface area contributed by atoms with Gasteiger partial charge in [0.25, 0.3) is 0 Å². The van der Waals surface area contributed by atoms with Crippen molar-refractivity contribution < 1.29 is 19.4 Å². The monoisotopic (exact) mass is 373 g/mol. The van der Waals surface area contributed by atoms with Gasteiger partial charge in [-0.05, 0) is 43.7 Å². The molecule has 2 atom stereocenters. The van der Waals surface area contributed by atoms with Crippen LogP contribution in [0, 0.1) is 0 Å². The number of aliphatic hydroxyl groups is 1. The Kier molecular flexibility index (Phi) is 7.69. The normalized spacial score (nSPS) is 12.9. The third-order valence-corrected chi connectivity index (χ3v) is 4.94. The van der Waals surface area contributed by atoms with E-state index in [4.69, 9.17) is 4.74 Å². The van der Waals surface area contributed by atoms with Gasteiger partial charge in [-0.1, -0.05) is 30.3 Å². The number of esters is 1. The molecule has 138 valence electrons. The molecule has 0 aliphatic rings. The highest BCUT2D eigenvalue weighted by Crippen LogP contribution is 2.22. The van der Waals surface area contributed by atoms with Gasteiger partial charge in [-0.15, -0.1) is 11.8 Å². The van der Waals surface area contributed by atoms with Crippen LogP contribution in [0.4, 0.5) is 5.69 Å². The lowest BCUT2D eigenvalue weighted by molar-refractivity contribution is -0.115. The predicted octanol–water partition coefficient (Wildman–Crippen LogP) is 3.66. The van der Waals surface area contributed by atoms with Crippen LogP contribution in [0.5, 0.6) is 0 Å². The van der Waals surface area contributed by atoms with E-state index in [-0.39, 0.29) is 17.1 Å². The molecule has 26 heavy (non-hydrogen) atoms. The van der Waals surface area contributed by atoms with Gasteiger partial charge < -0.3 is 15.2 Å². The Balaban J connectivity index is 1.84. The Labute approximate surface area is 157 Å². The Morgan fingerprint density at radius 2 is 1.77 bits per heavy atom. The molecule has 0 saturated heterocycles. The average Bonchev–Trinajstić information content (AvgIpc) is 2.67. The number of hydrogen-bond acceptors (Lipinski definition) is 5. The van der Waals surface area contributed by atoms with E-state index in [0.717, 1.165) is 5.56 Å². The molecule has 0 fully saturated rings. The SMILES string of the molecule is CCOC(=O)c1ccc(NC(=O)C(C)SCC(O)c2ccccc2)cc1. The van der Waals surface area contributed by atoms with E-state index in [2.05, 4.69) is 5.32 Å². The Hall–Kier alpha value is -2.31. The number of nitrogens with one attached hydrogen (secondary N) is 1. The highest BCUT2D eigenvalue weighted by Gasteiger charge is 2.17. The molecule has 2 unspecified atom stereocenters. The summed E-state index contributed by atoms with van der Waals surface area (Å²) in [5.41, 5.74) is 1.89. The van der Waals surface area contributed by atoms with Crippen LogP contribution >= 0.6 is 11.8 Å². The predicted molar refractivity (Wildman–Crippen MR) is 104 cm³/mol. The number of anilines is 1. The summed E-state index contributed by atoms with van der Waals surface area (Å²) in [7, 11) is 0. The molecule has 2 aromatic carbocycles. The van der Waals surface area contributed by atoms with Gasteiger partial charge in [0.1, 0.15) is 0 Å². The maximum Gasteiger partial charge on any atom is 0.338 e. The van der Waals surface area contributed by atoms with Gasteiger partial charge in [0.2, 0.25) is 5.91 Å². The number of amides is 1. The molecule has 0 saturated carbocycles. The number of thioether (sulfide) groups is 1. The number of carbonyl (C=O) groups is 2. The van der Waals surface area contributed by atoms with Crippen LogP contribution in [0.25, 0.3) is 0 Å². The minimum absolute atomic E-state index is 0.154. The van der Waals surface area contributed by atoms with Crippen LogP contribution in [0.3, 0.4) is 0 Å². The van der Waals surface area contributed by atoms with E-state index in [1.807, 2.05) is 30.3 Å². The first-order chi connectivity index (χ1) is 12.5. The molecule has 2 N–H and O–H groups in total. The van der Waals surface area contributed by atoms with Crippen LogP contribution in [-0.4, -0.2) is 34.6 Å². The van der Waals surface area contributed by atoms with Gasteiger partial charge in [-0.3, -0.25) is 4.79 Å². The van der Waals surface area contributed by atoms with E-state index >= 15 is 0 Å². The molecule has 0 aliphatic carbocycles. The van der Waals surface area contributed by atoms with Crippen molar-refractivity contribution in [3.05, 3.63) is 65.7 Å². The summed E-state index contributed by atoms with van der Waals surface area (Å²) in [6.45, 7) is 3.87. The lowest BCUT2D eigenvalue weighted by Crippen LogP contribution is -2.23. The summed E-state index contributed by atoms with van der Waals surface area (Å²) in [6.07, 6.45) is -0.611. The summed E-state index contributed by atoms with van der Waals surface area (Å²) < 4.78 is 4.92. The maximum absolute atomic E-state index is 12.3. The van der Waals surface area contributed by atoms with E-state index < -0.39 is 6.10 Å². The lowest BCUT2D eigenvalue weighted by atomic mass is 10.1. The first-order valence-corrected chi connectivity index (χ1v) is 9.48. The van der Waals surface area contributed by atoms with Gasteiger partial charge in [-0.25, -0.2) is 4.79 Å². The van der Waals surface area contributed by atoms with Crippen molar-refractivity contribution in [3.63, 3.8) is 0 Å². The number of ether oxygens (including phenoxy) is 1. The van der Waals surface area contributed by atoms with Gasteiger partial charge in [0, 0.05) is 11.4 Å². The van der Waals surface area contributed by atoms with E-state index in [9.17, 15) is 14.7 Å². The molecule has 6 heteroatoms. The third kappa shape index (κ3) is 5.89. The van der Waals surface area contributed by atoms with Crippen molar-refractivity contribution >= 4 is 29.3 Å². The van der Waals surface area contributed by atoms with Crippen molar-refractivity contribution in [2.75, 3.05) is 17.7 Å². The zero-order valence-corrected chi connectivity index (χ0v) is 15.7. The Bertz CT molecular complexity index is 718. The zero-order valence-electron chi connectivity index (χ0n) is 14.8. The molecule has 0 heterocycles. The van der Waals surface area contributed by atoms with Crippen LogP contribution in [-0.2, 0) is 9.53 Å². The standard InChI is InChI=1S/C20H23NO4S/c1-3-25-20(24)16-9-11-17(12-10-16)21-19(23)14(2)26-13-18(22)15-7-5-4-6-8-15/h4-12,14,18,22H,3,13H2,1-2H3,(H,21,23). The molecule has 0 bridgehead atoms. The number of rotatable bonds is 8. The smallest absolute Gasteiger partial charge is 0.338 e. The second kappa shape index (κ2) is 9.99. The van der Waals surface area contributed by atoms with Crippen LogP contribution in [0.2, 0.25) is 0 Å². The second-order valence-corrected chi connectivity index (χ2v) is 7.06. The molecular formula is C20H23NO4S. The van der Waals surface area contributed by atoms with Crippen LogP contribution in [0.1, 0.15) is 35.9 Å². The summed E-state index contributed by atoms with van der Waals surface area (Å²) in [4.78, 5) is 23.9. The van der Waals surface area contributed by atoms with E-state index in [0.29, 0.717) is 23.6 Å².